The molecule has 0 aromatic heterocycles. The standard InChI is InChI=1S/C12H21NO4/c1-12(2,3)17-11(14)13-6-9(7-13)10-8-15-4-5-16-10/h9-10H,4-8H2,1-3H3. The monoisotopic (exact) mass is 243 g/mol. The highest BCUT2D eigenvalue weighted by atomic mass is 16.6. The predicted octanol–water partition coefficient (Wildman–Crippen LogP) is 1.27. The summed E-state index contributed by atoms with van der Waals surface area (Å²) in [5, 5.41) is 0. The van der Waals surface area contributed by atoms with Crippen LogP contribution in [0.5, 0.6) is 0 Å². The molecule has 2 saturated heterocycles. The first-order valence-corrected chi connectivity index (χ1v) is 6.13. The van der Waals surface area contributed by atoms with Crippen molar-refractivity contribution in [1.29, 1.82) is 0 Å². The normalized spacial score (nSPS) is 26.5. The van der Waals surface area contributed by atoms with Crippen molar-refractivity contribution in [3.63, 3.8) is 0 Å². The summed E-state index contributed by atoms with van der Waals surface area (Å²) in [6.45, 7) is 9.03. The van der Waals surface area contributed by atoms with Crippen LogP contribution in [-0.2, 0) is 14.2 Å². The Balaban J connectivity index is 1.72. The summed E-state index contributed by atoms with van der Waals surface area (Å²) >= 11 is 0. The molecule has 5 nitrogen and oxygen atoms in total. The van der Waals surface area contributed by atoms with E-state index in [1.807, 2.05) is 20.8 Å². The third-order valence-electron chi connectivity index (χ3n) is 2.93. The summed E-state index contributed by atoms with van der Waals surface area (Å²) in [4.78, 5) is 13.4. The Labute approximate surface area is 102 Å². The molecule has 0 aromatic rings. The lowest BCUT2D eigenvalue weighted by Gasteiger charge is -2.44. The van der Waals surface area contributed by atoms with Crippen molar-refractivity contribution in [2.45, 2.75) is 32.5 Å². The van der Waals surface area contributed by atoms with Gasteiger partial charge in [0.05, 0.1) is 25.9 Å². The minimum absolute atomic E-state index is 0.141. The number of rotatable bonds is 1. The highest BCUT2D eigenvalue weighted by Crippen LogP contribution is 2.25. The number of amides is 1. The molecular formula is C12H21NO4. The molecule has 0 bridgehead atoms. The van der Waals surface area contributed by atoms with Crippen molar-refractivity contribution in [2.75, 3.05) is 32.9 Å². The minimum atomic E-state index is -0.424. The molecule has 0 aromatic carbocycles. The Morgan fingerprint density at radius 3 is 2.53 bits per heavy atom. The molecule has 98 valence electrons. The Bertz CT molecular complexity index is 275. The highest BCUT2D eigenvalue weighted by molar-refractivity contribution is 5.69. The highest BCUT2D eigenvalue weighted by Gasteiger charge is 2.39. The maximum atomic E-state index is 11.7. The number of ether oxygens (including phenoxy) is 3. The van der Waals surface area contributed by atoms with E-state index in [2.05, 4.69) is 0 Å². The molecule has 0 spiro atoms. The van der Waals surface area contributed by atoms with Gasteiger partial charge in [-0.1, -0.05) is 0 Å². The first kappa shape index (κ1) is 12.6. The predicted molar refractivity (Wildman–Crippen MR) is 61.9 cm³/mol. The van der Waals surface area contributed by atoms with Gasteiger partial charge in [-0.05, 0) is 20.8 Å². The molecule has 17 heavy (non-hydrogen) atoms. The Morgan fingerprint density at radius 2 is 2.00 bits per heavy atom. The summed E-state index contributed by atoms with van der Waals surface area (Å²) in [5.74, 6) is 0.391. The van der Waals surface area contributed by atoms with Crippen LogP contribution in [0, 0.1) is 5.92 Å². The average molecular weight is 243 g/mol. The van der Waals surface area contributed by atoms with E-state index in [1.54, 1.807) is 4.90 Å². The Kier molecular flexibility index (Phi) is 3.58. The van der Waals surface area contributed by atoms with Crippen molar-refractivity contribution >= 4 is 6.09 Å². The van der Waals surface area contributed by atoms with Crippen molar-refractivity contribution < 1.29 is 19.0 Å². The molecule has 0 N–H and O–H groups in total. The summed E-state index contributed by atoms with van der Waals surface area (Å²) in [6.07, 6.45) is -0.0899. The van der Waals surface area contributed by atoms with E-state index in [9.17, 15) is 4.79 Å². The molecule has 2 aliphatic heterocycles. The van der Waals surface area contributed by atoms with Gasteiger partial charge < -0.3 is 19.1 Å². The fourth-order valence-corrected chi connectivity index (χ4v) is 2.00. The van der Waals surface area contributed by atoms with Gasteiger partial charge in [0, 0.05) is 19.0 Å². The van der Waals surface area contributed by atoms with Gasteiger partial charge in [-0.3, -0.25) is 0 Å². The van der Waals surface area contributed by atoms with Gasteiger partial charge >= 0.3 is 6.09 Å². The number of nitrogens with zero attached hydrogens (tertiary/aromatic N) is 1. The molecule has 1 unspecified atom stereocenters. The summed E-state index contributed by atoms with van der Waals surface area (Å²) < 4.78 is 16.3. The van der Waals surface area contributed by atoms with E-state index in [1.165, 1.54) is 0 Å². The number of hydrogen-bond acceptors (Lipinski definition) is 4. The Morgan fingerprint density at radius 1 is 1.29 bits per heavy atom. The van der Waals surface area contributed by atoms with Crippen LogP contribution in [0.4, 0.5) is 4.79 Å². The molecular weight excluding hydrogens is 222 g/mol. The Hall–Kier alpha value is -0.810. The molecule has 0 aliphatic carbocycles. The first-order chi connectivity index (χ1) is 7.96. The lowest BCUT2D eigenvalue weighted by Crippen LogP contribution is -2.57. The topological polar surface area (TPSA) is 48.0 Å². The second kappa shape index (κ2) is 4.82. The number of hydrogen-bond donors (Lipinski definition) is 0. The molecule has 2 heterocycles. The maximum absolute atomic E-state index is 11.7. The van der Waals surface area contributed by atoms with Crippen LogP contribution in [0.15, 0.2) is 0 Å². The fraction of sp³-hybridized carbons (Fsp3) is 0.917. The SMILES string of the molecule is CC(C)(C)OC(=O)N1CC(C2COCCO2)C1. The van der Waals surface area contributed by atoms with E-state index in [0.29, 0.717) is 38.8 Å². The number of carbonyl (C=O) groups is 1. The molecule has 2 aliphatic rings. The maximum Gasteiger partial charge on any atom is 0.410 e. The van der Waals surface area contributed by atoms with Gasteiger partial charge in [-0.25, -0.2) is 4.79 Å². The van der Waals surface area contributed by atoms with Gasteiger partial charge in [-0.2, -0.15) is 0 Å². The minimum Gasteiger partial charge on any atom is -0.444 e. The fourth-order valence-electron chi connectivity index (χ4n) is 2.00. The summed E-state index contributed by atoms with van der Waals surface area (Å²) in [5.41, 5.74) is -0.424. The van der Waals surface area contributed by atoms with Gasteiger partial charge in [-0.15, -0.1) is 0 Å². The molecule has 0 saturated carbocycles. The van der Waals surface area contributed by atoms with Crippen LogP contribution in [0.3, 0.4) is 0 Å². The second-order valence-electron chi connectivity index (χ2n) is 5.63. The van der Waals surface area contributed by atoms with E-state index < -0.39 is 5.60 Å². The molecule has 0 radical (unpaired) electrons. The third kappa shape index (κ3) is 3.33. The van der Waals surface area contributed by atoms with Crippen molar-refractivity contribution in [3.05, 3.63) is 0 Å². The van der Waals surface area contributed by atoms with E-state index in [4.69, 9.17) is 14.2 Å². The molecule has 1 amide bonds. The first-order valence-electron chi connectivity index (χ1n) is 6.13. The van der Waals surface area contributed by atoms with E-state index >= 15 is 0 Å². The van der Waals surface area contributed by atoms with Crippen LogP contribution in [0.2, 0.25) is 0 Å². The largest absolute Gasteiger partial charge is 0.444 e. The van der Waals surface area contributed by atoms with Gasteiger partial charge in [0.2, 0.25) is 0 Å². The zero-order valence-electron chi connectivity index (χ0n) is 10.8. The van der Waals surface area contributed by atoms with Gasteiger partial charge in [0.15, 0.2) is 0 Å². The number of likely N-dealkylation sites (tertiary alicyclic amines) is 1. The zero-order chi connectivity index (χ0) is 12.5. The van der Waals surface area contributed by atoms with Crippen LogP contribution >= 0.6 is 0 Å². The van der Waals surface area contributed by atoms with E-state index in [-0.39, 0.29) is 12.2 Å². The molecule has 2 rings (SSSR count). The van der Waals surface area contributed by atoms with E-state index in [0.717, 1.165) is 0 Å². The molecule has 2 fully saturated rings. The summed E-state index contributed by atoms with van der Waals surface area (Å²) in [6, 6.07) is 0. The van der Waals surface area contributed by atoms with Crippen LogP contribution in [0.25, 0.3) is 0 Å². The van der Waals surface area contributed by atoms with Crippen LogP contribution in [-0.4, -0.2) is 55.6 Å². The smallest absolute Gasteiger partial charge is 0.410 e. The van der Waals surface area contributed by atoms with Crippen molar-refractivity contribution in [1.82, 2.24) is 4.90 Å². The van der Waals surface area contributed by atoms with Crippen LogP contribution in [0.1, 0.15) is 20.8 Å². The third-order valence-corrected chi connectivity index (χ3v) is 2.93. The second-order valence-corrected chi connectivity index (χ2v) is 5.63. The van der Waals surface area contributed by atoms with Crippen molar-refractivity contribution in [2.24, 2.45) is 5.92 Å². The van der Waals surface area contributed by atoms with Gasteiger partial charge in [0.1, 0.15) is 5.60 Å². The lowest BCUT2D eigenvalue weighted by molar-refractivity contribution is -0.135. The lowest BCUT2D eigenvalue weighted by atomic mass is 9.94. The van der Waals surface area contributed by atoms with Gasteiger partial charge in [0.25, 0.3) is 0 Å². The van der Waals surface area contributed by atoms with Crippen molar-refractivity contribution in [3.8, 4) is 0 Å². The summed E-state index contributed by atoms with van der Waals surface area (Å²) in [7, 11) is 0. The zero-order valence-corrected chi connectivity index (χ0v) is 10.8. The number of carbonyl (C=O) groups excluding carboxylic acids is 1. The molecule has 1 atom stereocenters. The van der Waals surface area contributed by atoms with Crippen LogP contribution < -0.4 is 0 Å². The molecule has 5 heteroatoms. The average Bonchev–Trinajstić information content (AvgIpc) is 2.14. The quantitative estimate of drug-likeness (QED) is 0.696.